The van der Waals surface area contributed by atoms with Gasteiger partial charge in [-0.3, -0.25) is 19.2 Å². The van der Waals surface area contributed by atoms with Gasteiger partial charge in [0.2, 0.25) is 5.91 Å². The van der Waals surface area contributed by atoms with E-state index in [1.807, 2.05) is 0 Å². The van der Waals surface area contributed by atoms with Gasteiger partial charge < -0.3 is 15.4 Å². The first-order chi connectivity index (χ1) is 16.8. The fourth-order valence-corrected chi connectivity index (χ4v) is 3.63. The van der Waals surface area contributed by atoms with Crippen LogP contribution in [0.15, 0.2) is 78.5 Å². The number of rotatable bonds is 6. The van der Waals surface area contributed by atoms with Crippen LogP contribution in [0.3, 0.4) is 0 Å². The molecule has 0 aliphatic heterocycles. The fourth-order valence-electron chi connectivity index (χ4n) is 3.63. The molecule has 2 amide bonds. The molecular weight excluding hydrogens is 448 g/mol. The highest BCUT2D eigenvalue weighted by molar-refractivity contribution is 6.28. The van der Waals surface area contributed by atoms with Gasteiger partial charge in [0, 0.05) is 34.9 Å². The van der Waals surface area contributed by atoms with Crippen molar-refractivity contribution in [2.45, 2.75) is 6.92 Å². The van der Waals surface area contributed by atoms with Crippen LogP contribution in [-0.4, -0.2) is 36.0 Å². The van der Waals surface area contributed by atoms with E-state index in [0.717, 1.165) is 0 Å². The number of esters is 1. The van der Waals surface area contributed by atoms with Crippen LogP contribution in [0.4, 0.5) is 5.69 Å². The minimum absolute atomic E-state index is 0.118. The smallest absolute Gasteiger partial charge is 0.355 e. The van der Waals surface area contributed by atoms with Crippen LogP contribution >= 0.6 is 0 Å². The quantitative estimate of drug-likeness (QED) is 0.332. The minimum atomic E-state index is -0.887. The van der Waals surface area contributed by atoms with Crippen LogP contribution in [0.1, 0.15) is 44.3 Å². The molecule has 2 N–H and O–H groups in total. The fraction of sp³-hybridized carbons (Fsp3) is 0.0741. The van der Waals surface area contributed by atoms with Crippen molar-refractivity contribution >= 4 is 41.1 Å². The summed E-state index contributed by atoms with van der Waals surface area (Å²) in [6.07, 6.45) is 1.44. The maximum atomic E-state index is 12.8. The molecule has 0 atom stereocenters. The van der Waals surface area contributed by atoms with E-state index in [9.17, 15) is 24.0 Å². The zero-order valence-electron chi connectivity index (χ0n) is 18.7. The lowest BCUT2D eigenvalue weighted by molar-refractivity contribution is -0.144. The summed E-state index contributed by atoms with van der Waals surface area (Å²) >= 11 is 0. The van der Waals surface area contributed by atoms with E-state index >= 15 is 0 Å². The van der Waals surface area contributed by atoms with E-state index < -0.39 is 24.4 Å². The van der Waals surface area contributed by atoms with Crippen molar-refractivity contribution in [1.29, 1.82) is 0 Å². The van der Waals surface area contributed by atoms with E-state index in [0.29, 0.717) is 16.7 Å². The minimum Gasteiger partial charge on any atom is -0.451 e. The molecule has 0 unspecified atom stereocenters. The number of anilines is 1. The van der Waals surface area contributed by atoms with Gasteiger partial charge >= 0.3 is 5.97 Å². The second-order valence-corrected chi connectivity index (χ2v) is 7.74. The van der Waals surface area contributed by atoms with Gasteiger partial charge in [-0.25, -0.2) is 4.79 Å². The molecule has 0 saturated carbocycles. The molecule has 0 fully saturated rings. The van der Waals surface area contributed by atoms with Crippen LogP contribution in [0.2, 0.25) is 0 Å². The predicted octanol–water partition coefficient (Wildman–Crippen LogP) is 3.12. The number of ketones is 2. The van der Waals surface area contributed by atoms with E-state index in [4.69, 9.17) is 4.74 Å². The summed E-state index contributed by atoms with van der Waals surface area (Å²) in [5.41, 5.74) is 1.89. The average molecular weight is 468 g/mol. The van der Waals surface area contributed by atoms with Gasteiger partial charge in [-0.1, -0.05) is 54.6 Å². The molecule has 1 aliphatic carbocycles. The molecule has 35 heavy (non-hydrogen) atoms. The normalized spacial score (nSPS) is 12.3. The van der Waals surface area contributed by atoms with Crippen LogP contribution in [0.25, 0.3) is 6.08 Å². The summed E-state index contributed by atoms with van der Waals surface area (Å²) in [5.74, 6) is -2.60. The summed E-state index contributed by atoms with van der Waals surface area (Å²) in [6.45, 7) is 0.622. The van der Waals surface area contributed by atoms with Crippen molar-refractivity contribution in [2.24, 2.45) is 0 Å². The van der Waals surface area contributed by atoms with Crippen molar-refractivity contribution in [1.82, 2.24) is 5.32 Å². The Kier molecular flexibility index (Phi) is 6.64. The first-order valence-corrected chi connectivity index (χ1v) is 10.7. The highest BCUT2D eigenvalue weighted by Gasteiger charge is 2.29. The maximum absolute atomic E-state index is 12.8. The van der Waals surface area contributed by atoms with E-state index in [-0.39, 0.29) is 34.1 Å². The van der Waals surface area contributed by atoms with Gasteiger partial charge in [-0.2, -0.15) is 0 Å². The highest BCUT2D eigenvalue weighted by atomic mass is 16.5. The van der Waals surface area contributed by atoms with E-state index in [1.54, 1.807) is 54.6 Å². The van der Waals surface area contributed by atoms with Gasteiger partial charge in [0.1, 0.15) is 5.70 Å². The third-order valence-electron chi connectivity index (χ3n) is 5.18. The Labute approximate surface area is 200 Å². The topological polar surface area (TPSA) is 119 Å². The number of hydrogen-bond donors (Lipinski definition) is 2. The van der Waals surface area contributed by atoms with Gasteiger partial charge in [-0.05, 0) is 29.8 Å². The second kappa shape index (κ2) is 9.96. The lowest BCUT2D eigenvalue weighted by atomic mass is 9.84. The number of fused-ring (bicyclic) bond motifs is 2. The Bertz CT molecular complexity index is 1390. The molecular formula is C27H20N2O6. The van der Waals surface area contributed by atoms with Gasteiger partial charge in [0.15, 0.2) is 18.2 Å². The lowest BCUT2D eigenvalue weighted by Gasteiger charge is -2.18. The molecule has 3 aromatic carbocycles. The number of carbonyl (C=O) groups is 5. The molecule has 0 heterocycles. The standard InChI is InChI=1S/C27H20N2O6/c1-16(30)28-23(13-17-7-3-2-4-8-17)27(34)35-15-24(31)29-18-11-12-21-22(14-18)26(33)20-10-6-5-9-19(20)25(21)32/h2-14H,15H2,1H3,(H,28,30)(H,29,31)/b23-13-. The summed E-state index contributed by atoms with van der Waals surface area (Å²) in [7, 11) is 0. The maximum Gasteiger partial charge on any atom is 0.355 e. The largest absolute Gasteiger partial charge is 0.451 e. The van der Waals surface area contributed by atoms with Crippen molar-refractivity contribution in [3.05, 3.63) is 106 Å². The first-order valence-electron chi connectivity index (χ1n) is 10.7. The summed E-state index contributed by atoms with van der Waals surface area (Å²) in [4.78, 5) is 61.9. The highest BCUT2D eigenvalue weighted by Crippen LogP contribution is 2.29. The predicted molar refractivity (Wildman–Crippen MR) is 128 cm³/mol. The molecule has 4 rings (SSSR count). The number of nitrogens with one attached hydrogen (secondary N) is 2. The van der Waals surface area contributed by atoms with Crippen LogP contribution in [-0.2, 0) is 19.1 Å². The Balaban J connectivity index is 1.44. The van der Waals surface area contributed by atoms with Crippen molar-refractivity contribution in [2.75, 3.05) is 11.9 Å². The molecule has 8 heteroatoms. The Morgan fingerprint density at radius 1 is 0.800 bits per heavy atom. The molecule has 1 aliphatic rings. The molecule has 174 valence electrons. The zero-order chi connectivity index (χ0) is 24.9. The van der Waals surface area contributed by atoms with E-state index in [2.05, 4.69) is 10.6 Å². The molecule has 0 spiro atoms. The third kappa shape index (κ3) is 5.22. The van der Waals surface area contributed by atoms with Crippen LogP contribution in [0.5, 0.6) is 0 Å². The Morgan fingerprint density at radius 3 is 2.06 bits per heavy atom. The molecule has 8 nitrogen and oxygen atoms in total. The summed E-state index contributed by atoms with van der Waals surface area (Å²) < 4.78 is 5.05. The number of carbonyl (C=O) groups excluding carboxylic acids is 5. The number of hydrogen-bond acceptors (Lipinski definition) is 6. The molecule has 3 aromatic rings. The van der Waals surface area contributed by atoms with E-state index in [1.165, 1.54) is 31.2 Å². The lowest BCUT2D eigenvalue weighted by Crippen LogP contribution is -2.29. The van der Waals surface area contributed by atoms with Gasteiger partial charge in [0.25, 0.3) is 5.91 Å². The molecule has 0 aromatic heterocycles. The number of ether oxygens (including phenoxy) is 1. The third-order valence-corrected chi connectivity index (χ3v) is 5.18. The number of amides is 2. The Hall–Kier alpha value is -4.85. The summed E-state index contributed by atoms with van der Waals surface area (Å²) in [5, 5.41) is 4.95. The first kappa shape index (κ1) is 23.3. The van der Waals surface area contributed by atoms with Crippen LogP contribution < -0.4 is 10.6 Å². The SMILES string of the molecule is CC(=O)N/C(=C\c1ccccc1)C(=O)OCC(=O)Nc1ccc2c(c1)C(=O)c1ccccc1C2=O. The monoisotopic (exact) mass is 468 g/mol. The second-order valence-electron chi connectivity index (χ2n) is 7.74. The molecule has 0 bridgehead atoms. The van der Waals surface area contributed by atoms with Gasteiger partial charge in [-0.15, -0.1) is 0 Å². The van der Waals surface area contributed by atoms with Gasteiger partial charge in [0.05, 0.1) is 0 Å². The van der Waals surface area contributed by atoms with Crippen molar-refractivity contribution < 1.29 is 28.7 Å². The molecule has 0 saturated heterocycles. The zero-order valence-corrected chi connectivity index (χ0v) is 18.7. The number of benzene rings is 3. The van der Waals surface area contributed by atoms with Crippen molar-refractivity contribution in [3.63, 3.8) is 0 Å². The van der Waals surface area contributed by atoms with Crippen LogP contribution in [0, 0.1) is 0 Å². The summed E-state index contributed by atoms with van der Waals surface area (Å²) in [6, 6.07) is 19.8. The Morgan fingerprint density at radius 2 is 1.40 bits per heavy atom. The molecule has 0 radical (unpaired) electrons. The van der Waals surface area contributed by atoms with Crippen molar-refractivity contribution in [3.8, 4) is 0 Å². The average Bonchev–Trinajstić information content (AvgIpc) is 2.86.